The summed E-state index contributed by atoms with van der Waals surface area (Å²) in [5.41, 5.74) is 11.3. The maximum atomic E-state index is 8.64. The molecule has 0 aliphatic rings. The number of hydrogen-bond donors (Lipinski definition) is 0. The fourth-order valence-corrected chi connectivity index (χ4v) is 11.4. The number of hydrogen-bond acceptors (Lipinski definition) is 5. The Morgan fingerprint density at radius 1 is 0.410 bits per heavy atom. The molecule has 14 rings (SSSR count). The maximum absolute atomic E-state index is 8.64. The first-order valence-electron chi connectivity index (χ1n) is 36.1. The van der Waals surface area contributed by atoms with Crippen LogP contribution in [0.15, 0.2) is 182 Å². The van der Waals surface area contributed by atoms with Gasteiger partial charge in [0, 0.05) is 70.2 Å². The molecule has 0 saturated heterocycles. The Hall–Kier alpha value is -8.94. The third-order valence-electron chi connectivity index (χ3n) is 15.5. The van der Waals surface area contributed by atoms with Crippen molar-refractivity contribution in [2.45, 2.75) is 79.6 Å². The summed E-state index contributed by atoms with van der Waals surface area (Å²) in [6.07, 6.45) is 5.46. The van der Waals surface area contributed by atoms with Crippen molar-refractivity contribution in [2.75, 3.05) is 0 Å². The van der Waals surface area contributed by atoms with E-state index >= 15 is 0 Å². The summed E-state index contributed by atoms with van der Waals surface area (Å²) >= 11 is 0. The molecule has 7 aromatic heterocycles. The molecule has 0 aliphatic carbocycles. The molecule has 0 spiro atoms. The van der Waals surface area contributed by atoms with Gasteiger partial charge in [0.2, 0.25) is 0 Å². The first-order valence-corrected chi connectivity index (χ1v) is 27.1. The van der Waals surface area contributed by atoms with Gasteiger partial charge in [0.05, 0.1) is 17.1 Å². The second-order valence-electron chi connectivity index (χ2n) is 20.9. The minimum atomic E-state index is -2.96. The van der Waals surface area contributed by atoms with Crippen LogP contribution in [-0.2, 0) is 58.6 Å². The fraction of sp³-hybridized carbons (Fsp3) is 0.160. The Labute approximate surface area is 523 Å². The second kappa shape index (κ2) is 22.1. The molecular formula is C75H60IrN7. The van der Waals surface area contributed by atoms with Crippen molar-refractivity contribution in [1.29, 1.82) is 0 Å². The van der Waals surface area contributed by atoms with Gasteiger partial charge in [-0.1, -0.05) is 139 Å². The average Bonchev–Trinajstić information content (AvgIpc) is 1.60. The number of aromatic nitrogens is 7. The molecule has 0 atom stereocenters. The Balaban J connectivity index is 0.00000912. The number of aryl methyl sites for hydroxylation is 12. The van der Waals surface area contributed by atoms with Crippen molar-refractivity contribution in [1.82, 2.24) is 34.2 Å². The van der Waals surface area contributed by atoms with Crippen molar-refractivity contribution in [3.8, 4) is 44.8 Å². The van der Waals surface area contributed by atoms with Crippen LogP contribution in [0.4, 0.5) is 0 Å². The van der Waals surface area contributed by atoms with Crippen LogP contribution in [0.2, 0.25) is 0 Å². The number of fused-ring (bicyclic) bond motifs is 12. The molecule has 7 nitrogen and oxygen atoms in total. The molecule has 0 radical (unpaired) electrons. The minimum Gasteiger partial charge on any atom is -0.302 e. The van der Waals surface area contributed by atoms with E-state index in [1.807, 2.05) is 60.7 Å². The molecule has 0 amide bonds. The first-order chi connectivity index (χ1) is 47.3. The third kappa shape index (κ3) is 10.2. The van der Waals surface area contributed by atoms with Crippen molar-refractivity contribution >= 4 is 54.6 Å². The molecule has 0 bridgehead atoms. The van der Waals surface area contributed by atoms with Crippen LogP contribution in [0.3, 0.4) is 0 Å². The van der Waals surface area contributed by atoms with E-state index in [4.69, 9.17) is 29.7 Å². The standard InChI is InChI=1S/C75H60N7.Ir/c1-46-35-70-72(76-44-46)64-33-25-53(40-66(64)74-48(3)50(5)79-81(70)74)18-21-56-37-55(38-57(39-56)22-19-54-26-34-65-67(41-54)75-49(4)51(6)80-82(75)71-36-47(2)45-77-73(65)71)20-17-52-23-27-62(28-24-52)69-43-63(42-68(78-69)61-15-11-8-12-16-61)60-31-29-59(30-32-60)58-13-9-7-10-14-58;/h7-16,23-27,29-32,35-45H,17-22H2,1-6H3;/q-3;+3/i1D3,2D3,3D3,4D3,5D3,6D3;. The van der Waals surface area contributed by atoms with E-state index in [9.17, 15) is 0 Å². The summed E-state index contributed by atoms with van der Waals surface area (Å²) in [5.74, 6) is 0. The summed E-state index contributed by atoms with van der Waals surface area (Å²) in [6, 6.07) is 65.6. The summed E-state index contributed by atoms with van der Waals surface area (Å²) in [4.78, 5) is 14.2. The number of pyridine rings is 5. The van der Waals surface area contributed by atoms with E-state index in [-0.39, 0.29) is 64.3 Å². The average molecular weight is 1270 g/mol. The monoisotopic (exact) mass is 1270 g/mol. The molecule has 8 heteroatoms. The maximum Gasteiger partial charge on any atom is 3.00 e. The van der Waals surface area contributed by atoms with E-state index in [0.717, 1.165) is 78.1 Å². The van der Waals surface area contributed by atoms with Gasteiger partial charge in [-0.05, 0) is 151 Å². The molecule has 0 saturated carbocycles. The summed E-state index contributed by atoms with van der Waals surface area (Å²) in [6.45, 7) is -17.0. The van der Waals surface area contributed by atoms with Gasteiger partial charge in [0.25, 0.3) is 0 Å². The molecule has 0 fully saturated rings. The molecule has 404 valence electrons. The normalized spacial score (nSPS) is 15.8. The molecule has 0 N–H and O–H groups in total. The molecule has 7 aromatic carbocycles. The van der Waals surface area contributed by atoms with Crippen LogP contribution in [0.1, 0.15) is 91.7 Å². The predicted octanol–water partition coefficient (Wildman–Crippen LogP) is 17.1. The molecule has 14 aromatic rings. The van der Waals surface area contributed by atoms with Gasteiger partial charge in [-0.15, -0.1) is 93.7 Å². The second-order valence-corrected chi connectivity index (χ2v) is 20.9. The van der Waals surface area contributed by atoms with Crippen molar-refractivity contribution in [3.63, 3.8) is 0 Å². The first kappa shape index (κ1) is 36.5. The minimum absolute atomic E-state index is 0. The summed E-state index contributed by atoms with van der Waals surface area (Å²) < 4.78 is 153. The van der Waals surface area contributed by atoms with Crippen LogP contribution in [0.5, 0.6) is 0 Å². The van der Waals surface area contributed by atoms with Gasteiger partial charge in [-0.2, -0.15) is 10.2 Å². The summed E-state index contributed by atoms with van der Waals surface area (Å²) in [5, 5.41) is 10.1. The Kier molecular flexibility index (Phi) is 9.71. The van der Waals surface area contributed by atoms with E-state index in [2.05, 4.69) is 111 Å². The molecule has 7 heterocycles. The van der Waals surface area contributed by atoms with Gasteiger partial charge in [0.1, 0.15) is 0 Å². The van der Waals surface area contributed by atoms with Gasteiger partial charge in [-0.25, -0.2) is 9.03 Å². The Morgan fingerprint density at radius 3 is 1.37 bits per heavy atom. The van der Waals surface area contributed by atoms with E-state index in [0.29, 0.717) is 60.1 Å². The molecule has 0 aliphatic heterocycles. The zero-order valence-corrected chi connectivity index (χ0v) is 46.9. The molecule has 0 unspecified atom stereocenters. The number of nitrogens with zero attached hydrogens (tertiary/aromatic N) is 7. The van der Waals surface area contributed by atoms with E-state index in [1.54, 1.807) is 24.3 Å². The zero-order chi connectivity index (χ0) is 70.6. The smallest absolute Gasteiger partial charge is 0.302 e. The van der Waals surface area contributed by atoms with Crippen molar-refractivity contribution < 1.29 is 44.8 Å². The van der Waals surface area contributed by atoms with Crippen LogP contribution >= 0.6 is 0 Å². The SMILES string of the molecule is [2H]C([2H])([2H])c1cnc2c3[c-]cc(CCc4cc(CCc5c[c-]c(-c6cc(-c7ccc(-c8ccccc8)cc7)cc(-c7ccccc7)n6)cc5)cc(CCc5c[c-]c6c(c5)c5c(C([2H])([2H])[2H])c(C([2H])([2H])[2H])nn5c5cc(C([2H])([2H])[2H])cnc65)c4)cc3c3c(C([2H])([2H])[2H])c(C([2H])([2H])[2H])nn3c2c1.[Ir+3]. The predicted molar refractivity (Wildman–Crippen MR) is 336 cm³/mol. The number of benzene rings is 7. The van der Waals surface area contributed by atoms with E-state index in [1.165, 1.54) is 33.6 Å². The van der Waals surface area contributed by atoms with Crippen molar-refractivity contribution in [2.24, 2.45) is 0 Å². The number of rotatable bonds is 13. The molecule has 83 heavy (non-hydrogen) atoms. The topological polar surface area (TPSA) is 73.3 Å². The fourth-order valence-electron chi connectivity index (χ4n) is 11.4. The van der Waals surface area contributed by atoms with Crippen molar-refractivity contribution in [3.05, 3.63) is 267 Å². The Morgan fingerprint density at radius 2 is 0.880 bits per heavy atom. The zero-order valence-electron chi connectivity index (χ0n) is 62.5. The van der Waals surface area contributed by atoms with E-state index < -0.39 is 63.6 Å². The van der Waals surface area contributed by atoms with Gasteiger partial charge in [-0.3, -0.25) is 4.98 Å². The third-order valence-corrected chi connectivity index (χ3v) is 15.5. The van der Waals surface area contributed by atoms with Crippen LogP contribution < -0.4 is 0 Å². The summed E-state index contributed by atoms with van der Waals surface area (Å²) in [7, 11) is 0. The molecular weight excluding hydrogens is 1190 g/mol. The Bertz CT molecular complexity index is 5280. The quantitative estimate of drug-likeness (QED) is 0.0849. The van der Waals surface area contributed by atoms with Crippen LogP contribution in [0, 0.1) is 59.3 Å². The van der Waals surface area contributed by atoms with Crippen LogP contribution in [0.25, 0.3) is 99.4 Å². The largest absolute Gasteiger partial charge is 3.00 e. The van der Waals surface area contributed by atoms with Gasteiger partial charge < -0.3 is 9.97 Å². The van der Waals surface area contributed by atoms with Crippen LogP contribution in [-0.4, -0.2) is 34.2 Å². The van der Waals surface area contributed by atoms with Gasteiger partial charge >= 0.3 is 20.1 Å². The van der Waals surface area contributed by atoms with Gasteiger partial charge in [0.15, 0.2) is 0 Å².